The molecule has 0 aliphatic carbocycles. The number of halogens is 3. The fourth-order valence-corrected chi connectivity index (χ4v) is 1.87. The third kappa shape index (κ3) is 8.78. The molecule has 0 radical (unpaired) electrons. The average Bonchev–Trinajstić information content (AvgIpc) is 1.86. The molecule has 1 unspecified atom stereocenters. The maximum Gasteiger partial charge on any atom is 0.109 e. The number of unbranched alkanes of at least 4 members (excludes halogenated alkanes) is 2. The van der Waals surface area contributed by atoms with Gasteiger partial charge in [-0.25, -0.2) is 0 Å². The first kappa shape index (κ1) is 11.9. The summed E-state index contributed by atoms with van der Waals surface area (Å²) in [5.74, 6) is 0. The van der Waals surface area contributed by atoms with Crippen LogP contribution in [0.3, 0.4) is 0 Å². The fourth-order valence-electron chi connectivity index (χ4n) is 0.927. The lowest BCUT2D eigenvalue weighted by Crippen LogP contribution is -2.03. The van der Waals surface area contributed by atoms with Gasteiger partial charge in [-0.15, -0.1) is 34.8 Å². The first-order chi connectivity index (χ1) is 5.16. The van der Waals surface area contributed by atoms with Gasteiger partial charge in [0.15, 0.2) is 0 Å². The van der Waals surface area contributed by atoms with Crippen LogP contribution in [0, 0.1) is 0 Å². The van der Waals surface area contributed by atoms with Crippen molar-refractivity contribution >= 4 is 34.8 Å². The van der Waals surface area contributed by atoms with Crippen LogP contribution < -0.4 is 0 Å². The van der Waals surface area contributed by atoms with Crippen LogP contribution in [-0.4, -0.2) is 10.2 Å². The van der Waals surface area contributed by atoms with Crippen LogP contribution in [0.5, 0.6) is 0 Å². The molecule has 0 spiro atoms. The number of hydrogen-bond acceptors (Lipinski definition) is 0. The summed E-state index contributed by atoms with van der Waals surface area (Å²) in [4.78, 5) is -0.306. The highest BCUT2D eigenvalue weighted by atomic mass is 35.5. The quantitative estimate of drug-likeness (QED) is 0.458. The maximum atomic E-state index is 5.94. The molecule has 3 heteroatoms. The first-order valence-corrected chi connectivity index (χ1v) is 5.40. The van der Waals surface area contributed by atoms with E-state index >= 15 is 0 Å². The van der Waals surface area contributed by atoms with Crippen LogP contribution in [0.15, 0.2) is 0 Å². The van der Waals surface area contributed by atoms with Gasteiger partial charge >= 0.3 is 0 Å². The molecule has 0 N–H and O–H groups in total. The molecule has 0 amide bonds. The first-order valence-electron chi connectivity index (χ1n) is 4.09. The molecule has 0 saturated heterocycles. The zero-order valence-corrected chi connectivity index (χ0v) is 9.09. The lowest BCUT2D eigenvalue weighted by atomic mass is 10.1. The van der Waals surface area contributed by atoms with Crippen molar-refractivity contribution in [3.8, 4) is 0 Å². The van der Waals surface area contributed by atoms with E-state index in [1.165, 1.54) is 19.3 Å². The van der Waals surface area contributed by atoms with Gasteiger partial charge < -0.3 is 0 Å². The standard InChI is InChI=1S/C8H15Cl3/c1-2-3-4-5-7(9)6-8(10)11/h7-8H,2-6H2,1H3. The predicted octanol–water partition coefficient (Wildman–Crippen LogP) is 4.37. The van der Waals surface area contributed by atoms with E-state index in [-0.39, 0.29) is 10.2 Å². The highest BCUT2D eigenvalue weighted by Gasteiger charge is 2.08. The Morgan fingerprint density at radius 2 is 1.73 bits per heavy atom. The Labute approximate surface area is 84.2 Å². The Morgan fingerprint density at radius 3 is 2.18 bits per heavy atom. The molecule has 0 rings (SSSR count). The van der Waals surface area contributed by atoms with E-state index in [4.69, 9.17) is 34.8 Å². The third-order valence-corrected chi connectivity index (χ3v) is 2.31. The van der Waals surface area contributed by atoms with Crippen molar-refractivity contribution < 1.29 is 0 Å². The molecule has 0 aromatic heterocycles. The largest absolute Gasteiger partial charge is 0.123 e. The summed E-state index contributed by atoms with van der Waals surface area (Å²) in [6.07, 6.45) is 5.40. The van der Waals surface area contributed by atoms with Gasteiger partial charge in [0.2, 0.25) is 0 Å². The molecular formula is C8H15Cl3. The fraction of sp³-hybridized carbons (Fsp3) is 1.00. The SMILES string of the molecule is CCCCCC(Cl)CC(Cl)Cl. The molecule has 0 aliphatic heterocycles. The highest BCUT2D eigenvalue weighted by Crippen LogP contribution is 2.19. The molecule has 11 heavy (non-hydrogen) atoms. The summed E-state index contributed by atoms with van der Waals surface area (Å²) < 4.78 is 0. The normalized spacial score (nSPS) is 13.9. The van der Waals surface area contributed by atoms with Crippen LogP contribution in [0.2, 0.25) is 0 Å². The molecule has 0 fully saturated rings. The highest BCUT2D eigenvalue weighted by molar-refractivity contribution is 6.44. The molecule has 68 valence electrons. The monoisotopic (exact) mass is 216 g/mol. The van der Waals surface area contributed by atoms with Gasteiger partial charge in [-0.1, -0.05) is 26.2 Å². The van der Waals surface area contributed by atoms with Gasteiger partial charge in [-0.05, 0) is 12.8 Å². The Kier molecular flexibility index (Phi) is 8.11. The molecular weight excluding hydrogens is 202 g/mol. The van der Waals surface area contributed by atoms with Gasteiger partial charge in [0.05, 0.1) is 0 Å². The van der Waals surface area contributed by atoms with Gasteiger partial charge in [0.25, 0.3) is 0 Å². The number of rotatable bonds is 6. The second-order valence-electron chi connectivity index (χ2n) is 2.72. The Bertz CT molecular complexity index is 83.4. The van der Waals surface area contributed by atoms with Crippen LogP contribution in [-0.2, 0) is 0 Å². The molecule has 0 heterocycles. The number of hydrogen-bond donors (Lipinski definition) is 0. The van der Waals surface area contributed by atoms with Crippen molar-refractivity contribution in [3.05, 3.63) is 0 Å². The zero-order valence-electron chi connectivity index (χ0n) is 6.82. The van der Waals surface area contributed by atoms with Crippen LogP contribution >= 0.6 is 34.8 Å². The van der Waals surface area contributed by atoms with Crippen molar-refractivity contribution in [2.75, 3.05) is 0 Å². The molecule has 1 atom stereocenters. The topological polar surface area (TPSA) is 0 Å². The minimum absolute atomic E-state index is 0.154. The van der Waals surface area contributed by atoms with E-state index in [1.807, 2.05) is 0 Å². The van der Waals surface area contributed by atoms with Gasteiger partial charge in [0.1, 0.15) is 4.84 Å². The second kappa shape index (κ2) is 7.52. The second-order valence-corrected chi connectivity index (χ2v) is 4.61. The maximum absolute atomic E-state index is 5.94. The van der Waals surface area contributed by atoms with E-state index in [9.17, 15) is 0 Å². The van der Waals surface area contributed by atoms with E-state index in [1.54, 1.807) is 0 Å². The van der Waals surface area contributed by atoms with E-state index in [0.29, 0.717) is 6.42 Å². The van der Waals surface area contributed by atoms with E-state index in [0.717, 1.165) is 6.42 Å². The van der Waals surface area contributed by atoms with E-state index in [2.05, 4.69) is 6.92 Å². The summed E-state index contributed by atoms with van der Waals surface area (Å²) >= 11 is 17.1. The molecule has 0 aromatic rings. The zero-order chi connectivity index (χ0) is 8.69. The summed E-state index contributed by atoms with van der Waals surface area (Å²) in [6, 6.07) is 0. The summed E-state index contributed by atoms with van der Waals surface area (Å²) in [6.45, 7) is 2.18. The summed E-state index contributed by atoms with van der Waals surface area (Å²) in [5, 5.41) is 0.154. The lowest BCUT2D eigenvalue weighted by molar-refractivity contribution is 0.626. The minimum Gasteiger partial charge on any atom is -0.123 e. The van der Waals surface area contributed by atoms with Crippen LogP contribution in [0.1, 0.15) is 39.0 Å². The average molecular weight is 218 g/mol. The van der Waals surface area contributed by atoms with Crippen molar-refractivity contribution in [1.82, 2.24) is 0 Å². The summed E-state index contributed by atoms with van der Waals surface area (Å²) in [5.41, 5.74) is 0. The van der Waals surface area contributed by atoms with Gasteiger partial charge in [-0.3, -0.25) is 0 Å². The Morgan fingerprint density at radius 1 is 1.09 bits per heavy atom. The molecule has 0 aliphatic rings. The van der Waals surface area contributed by atoms with Crippen molar-refractivity contribution in [1.29, 1.82) is 0 Å². The molecule has 0 saturated carbocycles. The molecule has 0 bridgehead atoms. The minimum atomic E-state index is -0.306. The smallest absolute Gasteiger partial charge is 0.109 e. The van der Waals surface area contributed by atoms with Crippen LogP contribution in [0.4, 0.5) is 0 Å². The van der Waals surface area contributed by atoms with Gasteiger partial charge in [-0.2, -0.15) is 0 Å². The van der Waals surface area contributed by atoms with Crippen molar-refractivity contribution in [2.24, 2.45) is 0 Å². The number of alkyl halides is 3. The Hall–Kier alpha value is 0.870. The summed E-state index contributed by atoms with van der Waals surface area (Å²) in [7, 11) is 0. The van der Waals surface area contributed by atoms with Gasteiger partial charge in [0, 0.05) is 5.38 Å². The van der Waals surface area contributed by atoms with Crippen molar-refractivity contribution in [2.45, 2.75) is 49.2 Å². The lowest BCUT2D eigenvalue weighted by Gasteiger charge is -2.08. The molecule has 0 nitrogen and oxygen atoms in total. The predicted molar refractivity (Wildman–Crippen MR) is 53.9 cm³/mol. The van der Waals surface area contributed by atoms with Crippen LogP contribution in [0.25, 0.3) is 0 Å². The van der Waals surface area contributed by atoms with Crippen molar-refractivity contribution in [3.63, 3.8) is 0 Å². The molecule has 0 aromatic carbocycles. The Balaban J connectivity index is 3.15. The third-order valence-electron chi connectivity index (χ3n) is 1.55. The van der Waals surface area contributed by atoms with E-state index < -0.39 is 0 Å².